The number of aromatic nitrogens is 1. The number of benzene rings is 1. The van der Waals surface area contributed by atoms with E-state index in [0.29, 0.717) is 17.2 Å². The number of carbonyl (C=O) groups is 1. The van der Waals surface area contributed by atoms with Crippen molar-refractivity contribution in [3.05, 3.63) is 52.1 Å². The van der Waals surface area contributed by atoms with Gasteiger partial charge in [-0.2, -0.15) is 0 Å². The molecule has 2 N–H and O–H groups in total. The van der Waals surface area contributed by atoms with E-state index >= 15 is 0 Å². The van der Waals surface area contributed by atoms with Crippen LogP contribution in [-0.4, -0.2) is 10.9 Å². The SMILES string of the molecule is Cc1ccc(Br)cc1Oc1cc(C(N)=O)ccn1. The van der Waals surface area contributed by atoms with Crippen LogP contribution in [0.5, 0.6) is 11.6 Å². The Hall–Kier alpha value is -1.88. The predicted octanol–water partition coefficient (Wildman–Crippen LogP) is 3.04. The number of nitrogens with two attached hydrogens (primary N) is 1. The fourth-order valence-electron chi connectivity index (χ4n) is 1.42. The molecule has 92 valence electrons. The first kappa shape index (κ1) is 12.6. The highest BCUT2D eigenvalue weighted by atomic mass is 79.9. The molecule has 0 unspecified atom stereocenters. The second-order valence-electron chi connectivity index (χ2n) is 3.76. The number of hydrogen-bond acceptors (Lipinski definition) is 3. The number of aryl methyl sites for hydroxylation is 1. The zero-order valence-corrected chi connectivity index (χ0v) is 11.3. The maximum atomic E-state index is 11.1. The highest BCUT2D eigenvalue weighted by Crippen LogP contribution is 2.27. The summed E-state index contributed by atoms with van der Waals surface area (Å²) in [5, 5.41) is 0. The number of primary amides is 1. The van der Waals surface area contributed by atoms with Gasteiger partial charge in [0.15, 0.2) is 0 Å². The third kappa shape index (κ3) is 2.87. The van der Waals surface area contributed by atoms with E-state index in [1.54, 1.807) is 6.07 Å². The molecule has 0 radical (unpaired) electrons. The van der Waals surface area contributed by atoms with Gasteiger partial charge in [-0.05, 0) is 30.7 Å². The quantitative estimate of drug-likeness (QED) is 0.948. The minimum atomic E-state index is -0.506. The molecule has 0 fully saturated rings. The van der Waals surface area contributed by atoms with Gasteiger partial charge < -0.3 is 10.5 Å². The second kappa shape index (κ2) is 5.18. The molecule has 0 saturated carbocycles. The zero-order valence-electron chi connectivity index (χ0n) is 9.68. The van der Waals surface area contributed by atoms with Crippen molar-refractivity contribution >= 4 is 21.8 Å². The minimum Gasteiger partial charge on any atom is -0.439 e. The Morgan fingerprint density at radius 1 is 1.33 bits per heavy atom. The van der Waals surface area contributed by atoms with E-state index in [1.165, 1.54) is 12.3 Å². The summed E-state index contributed by atoms with van der Waals surface area (Å²) in [6, 6.07) is 8.76. The molecule has 1 amide bonds. The van der Waals surface area contributed by atoms with Gasteiger partial charge >= 0.3 is 0 Å². The normalized spacial score (nSPS) is 10.1. The Labute approximate surface area is 113 Å². The molecular weight excluding hydrogens is 296 g/mol. The molecule has 18 heavy (non-hydrogen) atoms. The van der Waals surface area contributed by atoms with Crippen LogP contribution < -0.4 is 10.5 Å². The summed E-state index contributed by atoms with van der Waals surface area (Å²) < 4.78 is 6.54. The Balaban J connectivity index is 2.31. The van der Waals surface area contributed by atoms with E-state index in [4.69, 9.17) is 10.5 Å². The van der Waals surface area contributed by atoms with Crippen LogP contribution in [-0.2, 0) is 0 Å². The second-order valence-corrected chi connectivity index (χ2v) is 4.67. The summed E-state index contributed by atoms with van der Waals surface area (Å²) in [6.07, 6.45) is 1.49. The molecule has 5 heteroatoms. The largest absolute Gasteiger partial charge is 0.439 e. The fraction of sp³-hybridized carbons (Fsp3) is 0.0769. The van der Waals surface area contributed by atoms with Crippen molar-refractivity contribution in [1.29, 1.82) is 0 Å². The van der Waals surface area contributed by atoms with Gasteiger partial charge in [0.2, 0.25) is 11.8 Å². The van der Waals surface area contributed by atoms with Crippen LogP contribution in [0.3, 0.4) is 0 Å². The molecule has 2 rings (SSSR count). The average Bonchev–Trinajstić information content (AvgIpc) is 2.34. The van der Waals surface area contributed by atoms with Gasteiger partial charge in [0, 0.05) is 22.3 Å². The van der Waals surface area contributed by atoms with Crippen molar-refractivity contribution in [2.24, 2.45) is 5.73 Å². The molecule has 0 spiro atoms. The highest BCUT2D eigenvalue weighted by Gasteiger charge is 2.06. The lowest BCUT2D eigenvalue weighted by atomic mass is 10.2. The summed E-state index contributed by atoms with van der Waals surface area (Å²) in [5.41, 5.74) is 6.54. The molecule has 0 aliphatic rings. The highest BCUT2D eigenvalue weighted by molar-refractivity contribution is 9.10. The van der Waals surface area contributed by atoms with Gasteiger partial charge in [0.25, 0.3) is 0 Å². The Morgan fingerprint density at radius 2 is 2.11 bits per heavy atom. The number of rotatable bonds is 3. The van der Waals surface area contributed by atoms with E-state index < -0.39 is 5.91 Å². The van der Waals surface area contributed by atoms with Gasteiger partial charge in [-0.1, -0.05) is 22.0 Å². The van der Waals surface area contributed by atoms with Crippen molar-refractivity contribution in [3.63, 3.8) is 0 Å². The van der Waals surface area contributed by atoms with E-state index in [2.05, 4.69) is 20.9 Å². The van der Waals surface area contributed by atoms with Crippen LogP contribution in [0.1, 0.15) is 15.9 Å². The minimum absolute atomic E-state index is 0.340. The Morgan fingerprint density at radius 3 is 2.83 bits per heavy atom. The molecule has 1 aromatic heterocycles. The van der Waals surface area contributed by atoms with Crippen LogP contribution in [0.2, 0.25) is 0 Å². The monoisotopic (exact) mass is 306 g/mol. The molecule has 4 nitrogen and oxygen atoms in total. The summed E-state index contributed by atoms with van der Waals surface area (Å²) in [7, 11) is 0. The topological polar surface area (TPSA) is 65.2 Å². The molecule has 0 aliphatic carbocycles. The van der Waals surface area contributed by atoms with E-state index in [0.717, 1.165) is 10.0 Å². The maximum absolute atomic E-state index is 11.1. The molecule has 0 aliphatic heterocycles. The zero-order chi connectivity index (χ0) is 13.1. The van der Waals surface area contributed by atoms with Crippen LogP contribution >= 0.6 is 15.9 Å². The number of ether oxygens (including phenoxy) is 1. The van der Waals surface area contributed by atoms with Crippen molar-refractivity contribution in [1.82, 2.24) is 4.98 Å². The van der Waals surface area contributed by atoms with Crippen LogP contribution in [0, 0.1) is 6.92 Å². The van der Waals surface area contributed by atoms with Gasteiger partial charge in [-0.15, -0.1) is 0 Å². The maximum Gasteiger partial charge on any atom is 0.248 e. The van der Waals surface area contributed by atoms with Crippen molar-refractivity contribution in [3.8, 4) is 11.6 Å². The summed E-state index contributed by atoms with van der Waals surface area (Å²) >= 11 is 3.37. The number of amides is 1. The van der Waals surface area contributed by atoms with Crippen molar-refractivity contribution in [2.45, 2.75) is 6.92 Å². The fourth-order valence-corrected chi connectivity index (χ4v) is 1.76. The van der Waals surface area contributed by atoms with Gasteiger partial charge in [0.1, 0.15) is 5.75 Å². The number of carbonyl (C=O) groups excluding carboxylic acids is 1. The summed E-state index contributed by atoms with van der Waals surface area (Å²) in [5.74, 6) is 0.513. The lowest BCUT2D eigenvalue weighted by molar-refractivity contribution is 0.1000. The Kier molecular flexibility index (Phi) is 3.62. The van der Waals surface area contributed by atoms with E-state index in [-0.39, 0.29) is 0 Å². The molecule has 0 saturated heterocycles. The van der Waals surface area contributed by atoms with Crippen LogP contribution in [0.15, 0.2) is 41.0 Å². The number of hydrogen-bond donors (Lipinski definition) is 1. The summed E-state index contributed by atoms with van der Waals surface area (Å²) in [4.78, 5) is 15.1. The standard InChI is InChI=1S/C13H11BrN2O2/c1-8-2-3-10(14)7-11(8)18-12-6-9(13(15)17)4-5-16-12/h2-7H,1H3,(H2,15,17). The molecule has 0 atom stereocenters. The first-order valence-electron chi connectivity index (χ1n) is 5.26. The number of nitrogens with zero attached hydrogens (tertiary/aromatic N) is 1. The predicted molar refractivity (Wildman–Crippen MR) is 71.7 cm³/mol. The van der Waals surface area contributed by atoms with Gasteiger partial charge in [-0.25, -0.2) is 4.98 Å². The van der Waals surface area contributed by atoms with E-state index in [1.807, 2.05) is 25.1 Å². The average molecular weight is 307 g/mol. The van der Waals surface area contributed by atoms with Gasteiger partial charge in [-0.3, -0.25) is 4.79 Å². The lowest BCUT2D eigenvalue weighted by Gasteiger charge is -2.08. The molecule has 1 aromatic carbocycles. The smallest absolute Gasteiger partial charge is 0.248 e. The van der Waals surface area contributed by atoms with Gasteiger partial charge in [0.05, 0.1) is 0 Å². The Bertz CT molecular complexity index is 599. The van der Waals surface area contributed by atoms with Crippen LogP contribution in [0.25, 0.3) is 0 Å². The molecule has 2 aromatic rings. The number of halogens is 1. The molecular formula is C13H11BrN2O2. The van der Waals surface area contributed by atoms with Crippen LogP contribution in [0.4, 0.5) is 0 Å². The summed E-state index contributed by atoms with van der Waals surface area (Å²) in [6.45, 7) is 1.93. The number of pyridine rings is 1. The first-order valence-corrected chi connectivity index (χ1v) is 6.05. The van der Waals surface area contributed by atoms with Crippen molar-refractivity contribution < 1.29 is 9.53 Å². The first-order chi connectivity index (χ1) is 8.56. The third-order valence-corrected chi connectivity index (χ3v) is 2.88. The molecule has 0 bridgehead atoms. The third-order valence-electron chi connectivity index (χ3n) is 2.38. The van der Waals surface area contributed by atoms with Crippen molar-refractivity contribution in [2.75, 3.05) is 0 Å². The lowest BCUT2D eigenvalue weighted by Crippen LogP contribution is -2.10. The molecule has 1 heterocycles. The van der Waals surface area contributed by atoms with E-state index in [9.17, 15) is 4.79 Å².